The average molecular weight is 385 g/mol. The Labute approximate surface area is 167 Å². The molecule has 28 heavy (non-hydrogen) atoms. The quantitative estimate of drug-likeness (QED) is 0.540. The highest BCUT2D eigenvalue weighted by atomic mass is 16.5. The first kappa shape index (κ1) is 20.7. The summed E-state index contributed by atoms with van der Waals surface area (Å²) in [5.74, 6) is 1.66. The van der Waals surface area contributed by atoms with Crippen molar-refractivity contribution < 1.29 is 14.3 Å². The van der Waals surface area contributed by atoms with Gasteiger partial charge >= 0.3 is 5.63 Å². The van der Waals surface area contributed by atoms with Gasteiger partial charge in [0.15, 0.2) is 0 Å². The molecule has 0 spiro atoms. The lowest BCUT2D eigenvalue weighted by atomic mass is 9.58. The number of aliphatic hydroxyl groups excluding tert-OH is 1. The molecule has 2 aromatic rings. The van der Waals surface area contributed by atoms with Gasteiger partial charge in [0.25, 0.3) is 0 Å². The van der Waals surface area contributed by atoms with Crippen molar-refractivity contribution in [2.75, 3.05) is 13.2 Å². The topological polar surface area (TPSA) is 59.7 Å². The highest BCUT2D eigenvalue weighted by Gasteiger charge is 2.44. The fourth-order valence-electron chi connectivity index (χ4n) is 4.63. The van der Waals surface area contributed by atoms with Gasteiger partial charge in [0, 0.05) is 29.5 Å². The summed E-state index contributed by atoms with van der Waals surface area (Å²) in [6, 6.07) is 8.86. The van der Waals surface area contributed by atoms with Crippen LogP contribution in [0.4, 0.5) is 0 Å². The molecule has 0 bridgehead atoms. The number of rotatable bonds is 6. The zero-order chi connectivity index (χ0) is 20.3. The molecule has 1 aromatic carbocycles. The van der Waals surface area contributed by atoms with E-state index >= 15 is 0 Å². The molecule has 4 nitrogen and oxygen atoms in total. The second kappa shape index (κ2) is 8.52. The van der Waals surface area contributed by atoms with Crippen molar-refractivity contribution in [3.63, 3.8) is 0 Å². The number of aliphatic hydroxyl groups is 1. The van der Waals surface area contributed by atoms with Crippen LogP contribution in [0.25, 0.3) is 11.0 Å². The van der Waals surface area contributed by atoms with Crippen molar-refractivity contribution >= 4 is 11.0 Å². The lowest BCUT2D eigenvalue weighted by Crippen LogP contribution is -2.44. The second-order valence-corrected chi connectivity index (χ2v) is 8.63. The van der Waals surface area contributed by atoms with Crippen LogP contribution in [-0.4, -0.2) is 18.3 Å². The molecule has 0 radical (unpaired) electrons. The third kappa shape index (κ3) is 4.17. The maximum absolute atomic E-state index is 11.5. The summed E-state index contributed by atoms with van der Waals surface area (Å²) in [5.41, 5.74) is 3.12. The van der Waals surface area contributed by atoms with Gasteiger partial charge in [0.05, 0.1) is 6.61 Å². The van der Waals surface area contributed by atoms with E-state index in [2.05, 4.69) is 27.7 Å². The van der Waals surface area contributed by atoms with Gasteiger partial charge in [-0.2, -0.15) is 0 Å². The monoisotopic (exact) mass is 384 g/mol. The summed E-state index contributed by atoms with van der Waals surface area (Å²) in [7, 11) is 0. The van der Waals surface area contributed by atoms with Gasteiger partial charge in [-0.15, -0.1) is 0 Å². The summed E-state index contributed by atoms with van der Waals surface area (Å²) in [6.45, 7) is 9.86. The van der Waals surface area contributed by atoms with E-state index < -0.39 is 0 Å². The zero-order valence-corrected chi connectivity index (χ0v) is 17.5. The second-order valence-electron chi connectivity index (χ2n) is 8.63. The predicted molar refractivity (Wildman–Crippen MR) is 113 cm³/mol. The first-order valence-corrected chi connectivity index (χ1v) is 10.3. The van der Waals surface area contributed by atoms with Crippen LogP contribution < -0.4 is 10.4 Å². The Balaban J connectivity index is 1.86. The summed E-state index contributed by atoms with van der Waals surface area (Å²) >= 11 is 0. The van der Waals surface area contributed by atoms with Crippen molar-refractivity contribution in [1.29, 1.82) is 0 Å². The molecule has 0 aliphatic heterocycles. The predicted octanol–water partition coefficient (Wildman–Crippen LogP) is 5.33. The Hall–Kier alpha value is -2.07. The van der Waals surface area contributed by atoms with E-state index in [1.165, 1.54) is 17.2 Å². The first-order chi connectivity index (χ1) is 13.3. The number of hydrogen-bond acceptors (Lipinski definition) is 4. The molecule has 1 N–H and O–H groups in total. The number of allylic oxidation sites excluding steroid dienone is 2. The molecule has 1 heterocycles. The van der Waals surface area contributed by atoms with Crippen LogP contribution in [0, 0.1) is 17.3 Å². The summed E-state index contributed by atoms with van der Waals surface area (Å²) in [6.07, 6.45) is 4.08. The average Bonchev–Trinajstić information content (AvgIpc) is 2.67. The molecule has 3 atom stereocenters. The maximum Gasteiger partial charge on any atom is 0.336 e. The molecular weight excluding hydrogens is 352 g/mol. The molecule has 1 aliphatic carbocycles. The van der Waals surface area contributed by atoms with Crippen LogP contribution in [0.3, 0.4) is 0 Å². The molecule has 0 amide bonds. The Morgan fingerprint density at radius 3 is 2.75 bits per heavy atom. The third-order valence-electron chi connectivity index (χ3n) is 6.63. The van der Waals surface area contributed by atoms with E-state index in [9.17, 15) is 9.90 Å². The lowest BCUT2D eigenvalue weighted by molar-refractivity contribution is 0.0235. The lowest BCUT2D eigenvalue weighted by Gasteiger charge is -2.48. The molecule has 1 fully saturated rings. The van der Waals surface area contributed by atoms with Gasteiger partial charge in [-0.3, -0.25) is 0 Å². The smallest absolute Gasteiger partial charge is 0.336 e. The van der Waals surface area contributed by atoms with Crippen LogP contribution in [0.2, 0.25) is 0 Å². The Kier molecular flexibility index (Phi) is 6.29. The fraction of sp³-hybridized carbons (Fsp3) is 0.542. The Bertz CT molecular complexity index is 906. The van der Waals surface area contributed by atoms with Crippen LogP contribution >= 0.6 is 0 Å². The van der Waals surface area contributed by atoms with Gasteiger partial charge < -0.3 is 14.3 Å². The van der Waals surface area contributed by atoms with Gasteiger partial charge in [-0.1, -0.05) is 25.0 Å². The minimum atomic E-state index is -0.352. The normalized spacial score (nSPS) is 25.1. The molecule has 1 aliphatic rings. The molecule has 4 heteroatoms. The van der Waals surface area contributed by atoms with Crippen LogP contribution in [0.1, 0.15) is 53.4 Å². The van der Waals surface area contributed by atoms with Gasteiger partial charge in [-0.05, 0) is 69.6 Å². The van der Waals surface area contributed by atoms with Crippen LogP contribution in [0.15, 0.2) is 50.7 Å². The van der Waals surface area contributed by atoms with Crippen LogP contribution in [0.5, 0.6) is 5.75 Å². The van der Waals surface area contributed by atoms with E-state index in [0.717, 1.165) is 36.8 Å². The Morgan fingerprint density at radius 2 is 2.04 bits per heavy atom. The maximum atomic E-state index is 11.5. The fourth-order valence-corrected chi connectivity index (χ4v) is 4.63. The molecule has 1 aromatic heterocycles. The molecule has 3 rings (SSSR count). The largest absolute Gasteiger partial charge is 0.493 e. The highest BCUT2D eigenvalue weighted by Crippen LogP contribution is 2.50. The Morgan fingerprint density at radius 1 is 1.29 bits per heavy atom. The summed E-state index contributed by atoms with van der Waals surface area (Å²) in [4.78, 5) is 11.5. The van der Waals surface area contributed by atoms with Crippen molar-refractivity contribution in [1.82, 2.24) is 0 Å². The number of hydrogen-bond donors (Lipinski definition) is 1. The number of ether oxygens (including phenoxy) is 1. The zero-order valence-electron chi connectivity index (χ0n) is 17.5. The van der Waals surface area contributed by atoms with Crippen LogP contribution in [-0.2, 0) is 0 Å². The molecule has 3 unspecified atom stereocenters. The minimum absolute atomic E-state index is 0.00743. The van der Waals surface area contributed by atoms with Gasteiger partial charge in [0.2, 0.25) is 0 Å². The van der Waals surface area contributed by atoms with Crippen molar-refractivity contribution in [2.45, 2.75) is 53.4 Å². The van der Waals surface area contributed by atoms with Crippen molar-refractivity contribution in [3.8, 4) is 5.75 Å². The van der Waals surface area contributed by atoms with E-state index in [-0.39, 0.29) is 17.6 Å². The summed E-state index contributed by atoms with van der Waals surface area (Å²) < 4.78 is 11.6. The van der Waals surface area contributed by atoms with Gasteiger partial charge in [0.1, 0.15) is 11.3 Å². The molecule has 0 saturated heterocycles. The first-order valence-electron chi connectivity index (χ1n) is 10.3. The number of fused-ring (bicyclic) bond motifs is 1. The van der Waals surface area contributed by atoms with Crippen molar-refractivity contribution in [3.05, 3.63) is 51.9 Å². The molecule has 152 valence electrons. The van der Waals surface area contributed by atoms with E-state index in [0.29, 0.717) is 24.0 Å². The third-order valence-corrected chi connectivity index (χ3v) is 6.63. The van der Waals surface area contributed by atoms with E-state index in [1.807, 2.05) is 12.1 Å². The molecule has 1 saturated carbocycles. The SMILES string of the molecule is CC(C)=C1CCC(C)C(C)(COc2ccc3ccc(=O)oc3c2)C1CCCO. The van der Waals surface area contributed by atoms with E-state index in [1.54, 1.807) is 12.1 Å². The highest BCUT2D eigenvalue weighted by molar-refractivity contribution is 5.77. The van der Waals surface area contributed by atoms with E-state index in [4.69, 9.17) is 9.15 Å². The minimum Gasteiger partial charge on any atom is -0.493 e. The number of benzene rings is 1. The van der Waals surface area contributed by atoms with Gasteiger partial charge in [-0.25, -0.2) is 4.79 Å². The standard InChI is InChI=1S/C24H32O4/c1-16(2)20-11-7-17(3)24(4,21(20)6-5-13-25)15-27-19-10-8-18-9-12-23(26)28-22(18)14-19/h8-10,12,14,17,21,25H,5-7,11,13,15H2,1-4H3. The summed E-state index contributed by atoms with van der Waals surface area (Å²) in [5, 5.41) is 10.3. The van der Waals surface area contributed by atoms with Crippen molar-refractivity contribution in [2.24, 2.45) is 17.3 Å². The molecular formula is C24H32O4.